The normalized spacial score (nSPS) is 15.4. The van der Waals surface area contributed by atoms with E-state index in [4.69, 9.17) is 0 Å². The van der Waals surface area contributed by atoms with Crippen molar-refractivity contribution in [3.05, 3.63) is 53.7 Å². The van der Waals surface area contributed by atoms with Crippen LogP contribution < -0.4 is 10.6 Å². The zero-order valence-electron chi connectivity index (χ0n) is 17.7. The number of amidine groups is 1. The van der Waals surface area contributed by atoms with Gasteiger partial charge in [-0.1, -0.05) is 23.9 Å². The van der Waals surface area contributed by atoms with Crippen LogP contribution in [0.3, 0.4) is 0 Å². The molecule has 0 saturated carbocycles. The van der Waals surface area contributed by atoms with Gasteiger partial charge in [0.15, 0.2) is 5.17 Å². The van der Waals surface area contributed by atoms with E-state index in [-0.39, 0.29) is 24.1 Å². The topological polar surface area (TPSA) is 104 Å². The number of thioether (sulfide) groups is 1. The number of aliphatic imine (C=N–C) groups is 1. The highest BCUT2D eigenvalue weighted by Gasteiger charge is 2.32. The molecule has 0 saturated heterocycles. The number of amides is 3. The number of rotatable bonds is 7. The van der Waals surface area contributed by atoms with Crippen LogP contribution in [-0.4, -0.2) is 51.1 Å². The van der Waals surface area contributed by atoms with Crippen molar-refractivity contribution in [2.75, 3.05) is 23.7 Å². The molecule has 3 amide bonds. The van der Waals surface area contributed by atoms with Crippen LogP contribution in [0.4, 0.5) is 11.5 Å². The Morgan fingerprint density at radius 2 is 1.90 bits per heavy atom. The van der Waals surface area contributed by atoms with Crippen molar-refractivity contribution < 1.29 is 14.4 Å². The third kappa shape index (κ3) is 5.91. The summed E-state index contributed by atoms with van der Waals surface area (Å²) in [5.74, 6) is -0.475. The van der Waals surface area contributed by atoms with Crippen LogP contribution in [0, 0.1) is 6.92 Å². The molecule has 1 aliphatic rings. The molecule has 1 aliphatic heterocycles. The fourth-order valence-corrected chi connectivity index (χ4v) is 4.18. The fraction of sp³-hybridized carbons (Fsp3) is 0.318. The second kappa shape index (κ2) is 10.2. The van der Waals surface area contributed by atoms with E-state index in [9.17, 15) is 14.4 Å². The zero-order valence-corrected chi connectivity index (χ0v) is 18.5. The molecule has 1 unspecified atom stereocenters. The molecule has 2 N–H and O–H groups in total. The van der Waals surface area contributed by atoms with Crippen LogP contribution in [0.5, 0.6) is 0 Å². The Bertz CT molecular complexity index is 1000. The number of nitrogens with zero attached hydrogens (tertiary/aromatic N) is 3. The molecule has 9 heteroatoms. The highest BCUT2D eigenvalue weighted by atomic mass is 32.2. The molecule has 2 heterocycles. The number of hydrogen-bond acceptors (Lipinski definition) is 6. The minimum absolute atomic E-state index is 0.0154. The Labute approximate surface area is 185 Å². The van der Waals surface area contributed by atoms with Gasteiger partial charge in [-0.25, -0.2) is 4.98 Å². The zero-order chi connectivity index (χ0) is 22.4. The van der Waals surface area contributed by atoms with E-state index >= 15 is 0 Å². The fourth-order valence-electron chi connectivity index (χ4n) is 2.99. The van der Waals surface area contributed by atoms with Crippen LogP contribution in [0.1, 0.15) is 36.2 Å². The van der Waals surface area contributed by atoms with Crippen molar-refractivity contribution in [1.82, 2.24) is 9.88 Å². The van der Waals surface area contributed by atoms with Gasteiger partial charge in [0.1, 0.15) is 11.1 Å². The van der Waals surface area contributed by atoms with Crippen LogP contribution in [0.15, 0.2) is 47.6 Å². The van der Waals surface area contributed by atoms with E-state index in [2.05, 4.69) is 20.6 Å². The van der Waals surface area contributed by atoms with E-state index in [1.54, 1.807) is 36.5 Å². The molecule has 31 heavy (non-hydrogen) atoms. The van der Waals surface area contributed by atoms with E-state index in [1.807, 2.05) is 31.7 Å². The molecule has 1 aromatic carbocycles. The maximum Gasteiger partial charge on any atom is 0.262 e. The predicted octanol–water partition coefficient (Wildman–Crippen LogP) is 3.31. The molecule has 0 fully saturated rings. The van der Waals surface area contributed by atoms with Crippen LogP contribution in [0.2, 0.25) is 0 Å². The summed E-state index contributed by atoms with van der Waals surface area (Å²) in [6.45, 7) is 7.41. The third-order valence-corrected chi connectivity index (χ3v) is 5.91. The van der Waals surface area contributed by atoms with Crippen molar-refractivity contribution in [1.29, 1.82) is 0 Å². The van der Waals surface area contributed by atoms with E-state index in [1.165, 1.54) is 11.8 Å². The van der Waals surface area contributed by atoms with Gasteiger partial charge >= 0.3 is 0 Å². The van der Waals surface area contributed by atoms with Gasteiger partial charge in [0, 0.05) is 37.0 Å². The lowest BCUT2D eigenvalue weighted by Gasteiger charge is -2.19. The van der Waals surface area contributed by atoms with E-state index in [0.717, 1.165) is 18.7 Å². The minimum atomic E-state index is -0.533. The summed E-state index contributed by atoms with van der Waals surface area (Å²) < 4.78 is 0. The van der Waals surface area contributed by atoms with Crippen LogP contribution in [0.25, 0.3) is 0 Å². The second-order valence-electron chi connectivity index (χ2n) is 7.02. The van der Waals surface area contributed by atoms with Crippen molar-refractivity contribution in [3.8, 4) is 0 Å². The second-order valence-corrected chi connectivity index (χ2v) is 8.19. The molecule has 3 rings (SSSR count). The summed E-state index contributed by atoms with van der Waals surface area (Å²) in [7, 11) is 0. The van der Waals surface area contributed by atoms with Gasteiger partial charge in [0.2, 0.25) is 5.91 Å². The van der Waals surface area contributed by atoms with Crippen molar-refractivity contribution in [2.24, 2.45) is 4.99 Å². The maximum absolute atomic E-state index is 12.5. The highest BCUT2D eigenvalue weighted by Crippen LogP contribution is 2.27. The molecular formula is C22H25N5O3S. The number of anilines is 2. The molecule has 1 atom stereocenters. The van der Waals surface area contributed by atoms with Crippen LogP contribution in [-0.2, 0) is 9.59 Å². The molecule has 1 aromatic heterocycles. The molecule has 8 nitrogen and oxygen atoms in total. The summed E-state index contributed by atoms with van der Waals surface area (Å²) in [5.41, 5.74) is 1.87. The first-order chi connectivity index (χ1) is 14.9. The smallest absolute Gasteiger partial charge is 0.262 e. The van der Waals surface area contributed by atoms with Gasteiger partial charge in [-0.05, 0) is 50.6 Å². The quantitative estimate of drug-likeness (QED) is 0.686. The average Bonchev–Trinajstić information content (AvgIpc) is 3.10. The summed E-state index contributed by atoms with van der Waals surface area (Å²) in [6, 6.07) is 10.2. The van der Waals surface area contributed by atoms with Crippen molar-refractivity contribution >= 4 is 46.2 Å². The first-order valence-corrected chi connectivity index (χ1v) is 11.0. The van der Waals surface area contributed by atoms with Gasteiger partial charge in [-0.2, -0.15) is 4.99 Å². The standard InChI is InChI=1S/C22H25N5O3S/c1-4-27(5-2)22-26-21(30)17(31-22)12-19(28)24-16-8-6-7-15(11-16)20(29)25-18-10-9-14(3)13-23-18/h6-11,13,17H,4-5,12H2,1-3H3,(H,24,28)(H,23,25,29). The summed E-state index contributed by atoms with van der Waals surface area (Å²) in [4.78, 5) is 47.4. The monoisotopic (exact) mass is 439 g/mol. The van der Waals surface area contributed by atoms with Gasteiger partial charge in [0.05, 0.1) is 0 Å². The molecule has 0 bridgehead atoms. The molecular weight excluding hydrogens is 414 g/mol. The first-order valence-electron chi connectivity index (χ1n) is 10.1. The lowest BCUT2D eigenvalue weighted by atomic mass is 10.1. The average molecular weight is 440 g/mol. The summed E-state index contributed by atoms with van der Waals surface area (Å²) in [5, 5.41) is 5.62. The Morgan fingerprint density at radius 1 is 1.13 bits per heavy atom. The number of nitrogens with one attached hydrogen (secondary N) is 2. The SMILES string of the molecule is CCN(CC)C1=NC(=O)C(CC(=O)Nc2cccc(C(=O)Nc3ccc(C)cn3)c2)S1. The molecule has 162 valence electrons. The third-order valence-electron chi connectivity index (χ3n) is 4.70. The number of hydrogen-bond donors (Lipinski definition) is 2. The molecule has 2 aromatic rings. The number of benzene rings is 1. The van der Waals surface area contributed by atoms with Gasteiger partial charge in [0.25, 0.3) is 11.8 Å². The Balaban J connectivity index is 1.58. The number of aryl methyl sites for hydroxylation is 1. The van der Waals surface area contributed by atoms with Crippen molar-refractivity contribution in [3.63, 3.8) is 0 Å². The summed E-state index contributed by atoms with van der Waals surface area (Å²) in [6.07, 6.45) is 1.69. The number of carbonyl (C=O) groups excluding carboxylic acids is 3. The number of pyridine rings is 1. The highest BCUT2D eigenvalue weighted by molar-refractivity contribution is 8.15. The predicted molar refractivity (Wildman–Crippen MR) is 123 cm³/mol. The van der Waals surface area contributed by atoms with Gasteiger partial charge < -0.3 is 15.5 Å². The Morgan fingerprint density at radius 3 is 2.58 bits per heavy atom. The largest absolute Gasteiger partial charge is 0.352 e. The lowest BCUT2D eigenvalue weighted by molar-refractivity contribution is -0.121. The van der Waals surface area contributed by atoms with E-state index in [0.29, 0.717) is 22.2 Å². The maximum atomic E-state index is 12.5. The number of aromatic nitrogens is 1. The molecule has 0 aliphatic carbocycles. The molecule has 0 spiro atoms. The first kappa shape index (κ1) is 22.5. The Hall–Kier alpha value is -3.20. The van der Waals surface area contributed by atoms with Gasteiger partial charge in [-0.3, -0.25) is 14.4 Å². The Kier molecular flexibility index (Phi) is 7.41. The van der Waals surface area contributed by atoms with E-state index < -0.39 is 5.25 Å². The molecule has 0 radical (unpaired) electrons. The number of carbonyl (C=O) groups is 3. The van der Waals surface area contributed by atoms with Crippen molar-refractivity contribution in [2.45, 2.75) is 32.4 Å². The minimum Gasteiger partial charge on any atom is -0.352 e. The lowest BCUT2D eigenvalue weighted by Crippen LogP contribution is -2.27. The summed E-state index contributed by atoms with van der Waals surface area (Å²) >= 11 is 1.32. The van der Waals surface area contributed by atoms with Gasteiger partial charge in [-0.15, -0.1) is 0 Å². The van der Waals surface area contributed by atoms with Crippen LogP contribution >= 0.6 is 11.8 Å².